The molecule has 1 fully saturated rings. The first-order valence-corrected chi connectivity index (χ1v) is 11.9. The van der Waals surface area contributed by atoms with Crippen LogP contribution in [-0.2, 0) is 17.9 Å². The SMILES string of the molecule is Cc1ccccc1CNC(=O)[C@H]1CCCN(Cc2nc3ccccc3n2-c2ccc(F)cc2)C1. The smallest absolute Gasteiger partial charge is 0.224 e. The molecular formula is C28H29FN4O. The third-order valence-corrected chi connectivity index (χ3v) is 6.67. The Morgan fingerprint density at radius 2 is 1.82 bits per heavy atom. The summed E-state index contributed by atoms with van der Waals surface area (Å²) < 4.78 is 15.7. The number of likely N-dealkylation sites (tertiary alicyclic amines) is 1. The van der Waals surface area contributed by atoms with Crippen molar-refractivity contribution in [3.05, 3.63) is 95.6 Å². The van der Waals surface area contributed by atoms with Gasteiger partial charge in [0.05, 0.1) is 23.5 Å². The highest BCUT2D eigenvalue weighted by atomic mass is 19.1. The van der Waals surface area contributed by atoms with Crippen LogP contribution in [0.15, 0.2) is 72.8 Å². The summed E-state index contributed by atoms with van der Waals surface area (Å²) in [5.74, 6) is 0.709. The predicted molar refractivity (Wildman–Crippen MR) is 132 cm³/mol. The molecule has 1 N–H and O–H groups in total. The Bertz CT molecular complexity index is 1300. The zero-order valence-corrected chi connectivity index (χ0v) is 19.4. The number of benzene rings is 3. The number of para-hydroxylation sites is 2. The Labute approximate surface area is 199 Å². The molecule has 0 saturated carbocycles. The Balaban J connectivity index is 1.32. The van der Waals surface area contributed by atoms with Crippen LogP contribution in [0, 0.1) is 18.7 Å². The average Bonchev–Trinajstić information content (AvgIpc) is 3.22. The van der Waals surface area contributed by atoms with Gasteiger partial charge in [-0.25, -0.2) is 9.37 Å². The number of nitrogens with zero attached hydrogens (tertiary/aromatic N) is 3. The number of fused-ring (bicyclic) bond motifs is 1. The number of piperidine rings is 1. The molecule has 0 spiro atoms. The molecule has 5 rings (SSSR count). The van der Waals surface area contributed by atoms with Crippen molar-refractivity contribution in [1.82, 2.24) is 19.8 Å². The highest BCUT2D eigenvalue weighted by molar-refractivity contribution is 5.79. The third kappa shape index (κ3) is 4.73. The molecule has 5 nitrogen and oxygen atoms in total. The maximum Gasteiger partial charge on any atom is 0.224 e. The van der Waals surface area contributed by atoms with Crippen molar-refractivity contribution in [2.24, 2.45) is 5.92 Å². The van der Waals surface area contributed by atoms with Gasteiger partial charge in [0.2, 0.25) is 5.91 Å². The molecule has 0 radical (unpaired) electrons. The van der Waals surface area contributed by atoms with E-state index in [1.807, 2.05) is 36.4 Å². The van der Waals surface area contributed by atoms with Gasteiger partial charge in [0.25, 0.3) is 0 Å². The maximum absolute atomic E-state index is 13.6. The van der Waals surface area contributed by atoms with Crippen molar-refractivity contribution in [3.63, 3.8) is 0 Å². The highest BCUT2D eigenvalue weighted by Crippen LogP contribution is 2.25. The maximum atomic E-state index is 13.6. The summed E-state index contributed by atoms with van der Waals surface area (Å²) in [5.41, 5.74) is 5.12. The summed E-state index contributed by atoms with van der Waals surface area (Å²) in [5, 5.41) is 3.14. The molecule has 1 aromatic heterocycles. The minimum atomic E-state index is -0.259. The van der Waals surface area contributed by atoms with E-state index in [9.17, 15) is 9.18 Å². The second-order valence-corrected chi connectivity index (χ2v) is 9.05. The number of hydrogen-bond acceptors (Lipinski definition) is 3. The van der Waals surface area contributed by atoms with Crippen LogP contribution in [-0.4, -0.2) is 33.4 Å². The Morgan fingerprint density at radius 3 is 2.65 bits per heavy atom. The number of hydrogen-bond donors (Lipinski definition) is 1. The van der Waals surface area contributed by atoms with Gasteiger partial charge < -0.3 is 5.32 Å². The highest BCUT2D eigenvalue weighted by Gasteiger charge is 2.27. The topological polar surface area (TPSA) is 50.2 Å². The van der Waals surface area contributed by atoms with E-state index in [2.05, 4.69) is 33.8 Å². The van der Waals surface area contributed by atoms with Crippen LogP contribution in [0.2, 0.25) is 0 Å². The molecule has 1 aliphatic rings. The molecule has 1 aliphatic heterocycles. The van der Waals surface area contributed by atoms with Crippen LogP contribution in [0.25, 0.3) is 16.7 Å². The Kier molecular flexibility index (Phi) is 6.41. The first-order valence-electron chi connectivity index (χ1n) is 11.9. The molecule has 1 amide bonds. The number of carbonyl (C=O) groups is 1. The molecule has 3 aromatic carbocycles. The van der Waals surface area contributed by atoms with E-state index in [0.29, 0.717) is 19.6 Å². The van der Waals surface area contributed by atoms with Crippen molar-refractivity contribution < 1.29 is 9.18 Å². The zero-order valence-electron chi connectivity index (χ0n) is 19.4. The lowest BCUT2D eigenvalue weighted by Gasteiger charge is -2.31. The van der Waals surface area contributed by atoms with Crippen molar-refractivity contribution in [2.75, 3.05) is 13.1 Å². The fourth-order valence-corrected chi connectivity index (χ4v) is 4.81. The molecule has 0 aliphatic carbocycles. The minimum Gasteiger partial charge on any atom is -0.352 e. The molecule has 0 bridgehead atoms. The number of rotatable bonds is 6. The number of halogens is 1. The van der Waals surface area contributed by atoms with Gasteiger partial charge in [-0.1, -0.05) is 36.4 Å². The normalized spacial score (nSPS) is 16.6. The zero-order chi connectivity index (χ0) is 23.5. The lowest BCUT2D eigenvalue weighted by Crippen LogP contribution is -2.42. The molecular weight excluding hydrogens is 427 g/mol. The largest absolute Gasteiger partial charge is 0.352 e. The van der Waals surface area contributed by atoms with Crippen molar-refractivity contribution >= 4 is 16.9 Å². The van der Waals surface area contributed by atoms with E-state index < -0.39 is 0 Å². The van der Waals surface area contributed by atoms with Crippen LogP contribution in [0.3, 0.4) is 0 Å². The van der Waals surface area contributed by atoms with Crippen LogP contribution >= 0.6 is 0 Å². The molecule has 0 unspecified atom stereocenters. The summed E-state index contributed by atoms with van der Waals surface area (Å²) in [4.78, 5) is 20.1. The second-order valence-electron chi connectivity index (χ2n) is 9.05. The van der Waals surface area contributed by atoms with E-state index in [1.54, 1.807) is 12.1 Å². The van der Waals surface area contributed by atoms with Gasteiger partial charge in [-0.3, -0.25) is 14.3 Å². The molecule has 4 aromatic rings. The lowest BCUT2D eigenvalue weighted by atomic mass is 9.97. The summed E-state index contributed by atoms with van der Waals surface area (Å²) >= 11 is 0. The van der Waals surface area contributed by atoms with Gasteiger partial charge in [-0.15, -0.1) is 0 Å². The summed E-state index contributed by atoms with van der Waals surface area (Å²) in [6.07, 6.45) is 1.86. The molecule has 174 valence electrons. The standard InChI is InChI=1S/C28H29FN4O/c1-20-7-2-3-8-21(20)17-30-28(34)22-9-6-16-32(18-22)19-27-31-25-10-4-5-11-26(25)33(27)24-14-12-23(29)13-15-24/h2-5,7-8,10-15,22H,6,9,16-19H2,1H3,(H,30,34)/t22-/m0/s1. The van der Waals surface area contributed by atoms with Crippen LogP contribution in [0.5, 0.6) is 0 Å². The number of imidazole rings is 1. The first kappa shape index (κ1) is 22.3. The van der Waals surface area contributed by atoms with Crippen molar-refractivity contribution in [1.29, 1.82) is 0 Å². The van der Waals surface area contributed by atoms with E-state index in [4.69, 9.17) is 4.98 Å². The van der Waals surface area contributed by atoms with Crippen LogP contribution in [0.1, 0.15) is 29.8 Å². The van der Waals surface area contributed by atoms with Gasteiger partial charge in [0, 0.05) is 18.8 Å². The van der Waals surface area contributed by atoms with Crippen molar-refractivity contribution in [2.45, 2.75) is 32.9 Å². The van der Waals surface area contributed by atoms with Gasteiger partial charge in [0.1, 0.15) is 11.6 Å². The first-order chi connectivity index (χ1) is 16.6. The average molecular weight is 457 g/mol. The van der Waals surface area contributed by atoms with E-state index >= 15 is 0 Å². The number of aromatic nitrogens is 2. The van der Waals surface area contributed by atoms with E-state index in [1.165, 1.54) is 17.7 Å². The van der Waals surface area contributed by atoms with Gasteiger partial charge in [-0.2, -0.15) is 0 Å². The molecule has 6 heteroatoms. The fraction of sp³-hybridized carbons (Fsp3) is 0.286. The van der Waals surface area contributed by atoms with E-state index in [0.717, 1.165) is 47.5 Å². The lowest BCUT2D eigenvalue weighted by molar-refractivity contribution is -0.127. The molecule has 2 heterocycles. The molecule has 34 heavy (non-hydrogen) atoms. The summed E-state index contributed by atoms with van der Waals surface area (Å²) in [6, 6.07) is 22.7. The monoisotopic (exact) mass is 456 g/mol. The van der Waals surface area contributed by atoms with Crippen LogP contribution in [0.4, 0.5) is 4.39 Å². The van der Waals surface area contributed by atoms with Crippen LogP contribution < -0.4 is 5.32 Å². The van der Waals surface area contributed by atoms with Gasteiger partial charge in [0.15, 0.2) is 0 Å². The number of aryl methyl sites for hydroxylation is 1. The number of amides is 1. The number of carbonyl (C=O) groups excluding carboxylic acids is 1. The quantitative estimate of drug-likeness (QED) is 0.444. The third-order valence-electron chi connectivity index (χ3n) is 6.67. The molecule has 1 atom stereocenters. The van der Waals surface area contributed by atoms with Gasteiger partial charge >= 0.3 is 0 Å². The predicted octanol–water partition coefficient (Wildman–Crippen LogP) is 5.00. The molecule has 1 saturated heterocycles. The van der Waals surface area contributed by atoms with Gasteiger partial charge in [-0.05, 0) is 73.8 Å². The van der Waals surface area contributed by atoms with Crippen molar-refractivity contribution in [3.8, 4) is 5.69 Å². The summed E-state index contributed by atoms with van der Waals surface area (Å²) in [6.45, 7) is 4.88. The number of nitrogens with one attached hydrogen (secondary N) is 1. The second kappa shape index (κ2) is 9.77. The Hall–Kier alpha value is -3.51. The van der Waals surface area contributed by atoms with E-state index in [-0.39, 0.29) is 17.6 Å². The summed E-state index contributed by atoms with van der Waals surface area (Å²) in [7, 11) is 0. The minimum absolute atomic E-state index is 0.0404. The Morgan fingerprint density at radius 1 is 1.06 bits per heavy atom. The fourth-order valence-electron chi connectivity index (χ4n) is 4.81.